The number of rotatable bonds is 7. The number of pyridine rings is 1. The Morgan fingerprint density at radius 3 is 2.32 bits per heavy atom. The number of methoxy groups -OCH3 is 1. The van der Waals surface area contributed by atoms with E-state index in [-0.39, 0.29) is 24.3 Å². The van der Waals surface area contributed by atoms with E-state index in [1.165, 1.54) is 25.4 Å². The van der Waals surface area contributed by atoms with Gasteiger partial charge in [-0.3, -0.25) is 9.78 Å². The zero-order chi connectivity index (χ0) is 27.2. The molecule has 0 aliphatic heterocycles. The molecule has 0 aliphatic carbocycles. The van der Waals surface area contributed by atoms with Crippen LogP contribution in [0.1, 0.15) is 49.3 Å². The first-order valence-corrected chi connectivity index (χ1v) is 11.7. The minimum absolute atomic E-state index is 0.00468. The number of aliphatic hydroxyl groups is 1. The van der Waals surface area contributed by atoms with E-state index in [9.17, 15) is 19.5 Å². The van der Waals surface area contributed by atoms with Gasteiger partial charge in [-0.15, -0.1) is 0 Å². The molecule has 2 N–H and O–H groups in total. The molecule has 194 valence electrons. The number of aromatic nitrogens is 1. The quantitative estimate of drug-likeness (QED) is 0.351. The van der Waals surface area contributed by atoms with E-state index in [0.717, 1.165) is 0 Å². The predicted octanol–water partition coefficient (Wildman–Crippen LogP) is 4.08. The summed E-state index contributed by atoms with van der Waals surface area (Å²) in [6, 6.07) is 14.1. The zero-order valence-corrected chi connectivity index (χ0v) is 21.0. The molecule has 0 bridgehead atoms. The molecule has 10 nitrogen and oxygen atoms in total. The minimum Gasteiger partial charge on any atom is -0.465 e. The molecule has 0 unspecified atom stereocenters. The topological polar surface area (TPSA) is 140 Å². The summed E-state index contributed by atoms with van der Waals surface area (Å²) in [6.45, 7) is 3.42. The van der Waals surface area contributed by atoms with E-state index in [1.807, 2.05) is 0 Å². The van der Waals surface area contributed by atoms with Crippen LogP contribution in [0.4, 0.5) is 11.4 Å². The number of esters is 2. The molecule has 2 aromatic carbocycles. The van der Waals surface area contributed by atoms with Gasteiger partial charge in [0, 0.05) is 22.8 Å². The fourth-order valence-corrected chi connectivity index (χ4v) is 3.67. The van der Waals surface area contributed by atoms with Crippen LogP contribution in [0.2, 0.25) is 0 Å². The van der Waals surface area contributed by atoms with Crippen molar-refractivity contribution in [1.82, 2.24) is 4.98 Å². The number of benzene rings is 2. The molecular formula is C28H25N3O7. The standard InChI is InChI=1S/C28H25N3O7/c1-4-37-28(35)18-7-11-21(12-8-18)31-26-23(13-22-19(15-32)14-29-16(2)24(22)38-26)25(33)30-20-9-5-17(6-10-20)27(34)36-3/h5-14,32H,4,15H2,1-3H3,(H,30,33). The summed E-state index contributed by atoms with van der Waals surface area (Å²) < 4.78 is 15.8. The Morgan fingerprint density at radius 1 is 1.03 bits per heavy atom. The normalized spacial score (nSPS) is 11.3. The lowest BCUT2D eigenvalue weighted by Crippen LogP contribution is -2.22. The first-order valence-electron chi connectivity index (χ1n) is 11.7. The third kappa shape index (κ3) is 5.60. The Balaban J connectivity index is 1.79. The second-order valence-electron chi connectivity index (χ2n) is 8.14. The number of amides is 1. The van der Waals surface area contributed by atoms with Crippen molar-refractivity contribution in [2.24, 2.45) is 4.99 Å². The molecule has 1 amide bonds. The molecule has 2 heterocycles. The maximum atomic E-state index is 13.4. The molecule has 0 aliphatic rings. The van der Waals surface area contributed by atoms with Crippen molar-refractivity contribution in [2.45, 2.75) is 20.5 Å². The second-order valence-corrected chi connectivity index (χ2v) is 8.14. The number of aliphatic hydroxyl groups excluding tert-OH is 1. The minimum atomic E-state index is -0.526. The van der Waals surface area contributed by atoms with Gasteiger partial charge in [0.25, 0.3) is 5.91 Å². The summed E-state index contributed by atoms with van der Waals surface area (Å²) >= 11 is 0. The highest BCUT2D eigenvalue weighted by atomic mass is 16.5. The molecule has 10 heteroatoms. The van der Waals surface area contributed by atoms with Crippen LogP contribution in [-0.2, 0) is 16.1 Å². The van der Waals surface area contributed by atoms with Gasteiger partial charge in [-0.25, -0.2) is 14.6 Å². The molecule has 38 heavy (non-hydrogen) atoms. The first-order chi connectivity index (χ1) is 18.3. The van der Waals surface area contributed by atoms with E-state index in [0.29, 0.717) is 44.7 Å². The SMILES string of the molecule is CCOC(=O)c1ccc(N=c2oc3c(C)ncc(CO)c3cc2C(=O)Nc2ccc(C(=O)OC)cc2)cc1. The fourth-order valence-electron chi connectivity index (χ4n) is 3.67. The molecule has 0 fully saturated rings. The van der Waals surface area contributed by atoms with Crippen LogP contribution in [0, 0.1) is 6.92 Å². The monoisotopic (exact) mass is 515 g/mol. The van der Waals surface area contributed by atoms with Crippen molar-refractivity contribution in [3.63, 3.8) is 0 Å². The van der Waals surface area contributed by atoms with Gasteiger partial charge in [-0.2, -0.15) is 0 Å². The molecular weight excluding hydrogens is 490 g/mol. The van der Waals surface area contributed by atoms with E-state index < -0.39 is 17.8 Å². The van der Waals surface area contributed by atoms with Gasteiger partial charge >= 0.3 is 11.9 Å². The van der Waals surface area contributed by atoms with Crippen molar-refractivity contribution in [2.75, 3.05) is 19.0 Å². The number of nitrogens with zero attached hydrogens (tertiary/aromatic N) is 2. The van der Waals surface area contributed by atoms with E-state index in [4.69, 9.17) is 13.9 Å². The number of carbonyl (C=O) groups is 3. The van der Waals surface area contributed by atoms with E-state index in [1.54, 1.807) is 56.3 Å². The van der Waals surface area contributed by atoms with Crippen molar-refractivity contribution < 1.29 is 33.4 Å². The van der Waals surface area contributed by atoms with Gasteiger partial charge in [0.05, 0.1) is 42.8 Å². The second kappa shape index (κ2) is 11.5. The summed E-state index contributed by atoms with van der Waals surface area (Å²) in [6.07, 6.45) is 1.52. The highest BCUT2D eigenvalue weighted by Gasteiger charge is 2.17. The van der Waals surface area contributed by atoms with Crippen molar-refractivity contribution >= 4 is 40.2 Å². The third-order valence-electron chi connectivity index (χ3n) is 5.64. The Morgan fingerprint density at radius 2 is 1.68 bits per heavy atom. The summed E-state index contributed by atoms with van der Waals surface area (Å²) in [7, 11) is 1.29. The molecule has 0 atom stereocenters. The van der Waals surface area contributed by atoms with Crippen LogP contribution in [0.3, 0.4) is 0 Å². The van der Waals surface area contributed by atoms with E-state index in [2.05, 4.69) is 15.3 Å². The highest BCUT2D eigenvalue weighted by molar-refractivity contribution is 6.06. The third-order valence-corrected chi connectivity index (χ3v) is 5.64. The number of fused-ring (bicyclic) bond motifs is 1. The Labute approximate surface area is 217 Å². The van der Waals surface area contributed by atoms with Crippen molar-refractivity contribution in [1.29, 1.82) is 0 Å². The molecule has 4 rings (SSSR count). The number of nitrogens with one attached hydrogen (secondary N) is 1. The molecule has 2 aromatic heterocycles. The average molecular weight is 516 g/mol. The highest BCUT2D eigenvalue weighted by Crippen LogP contribution is 2.22. The van der Waals surface area contributed by atoms with Gasteiger partial charge in [-0.1, -0.05) is 0 Å². The van der Waals surface area contributed by atoms with Gasteiger partial charge in [-0.05, 0) is 68.4 Å². The maximum Gasteiger partial charge on any atom is 0.338 e. The first kappa shape index (κ1) is 26.2. The predicted molar refractivity (Wildman–Crippen MR) is 138 cm³/mol. The summed E-state index contributed by atoms with van der Waals surface area (Å²) in [5.74, 6) is -1.47. The molecule has 0 spiro atoms. The number of hydrogen-bond donors (Lipinski definition) is 2. The van der Waals surface area contributed by atoms with Crippen LogP contribution in [0.5, 0.6) is 0 Å². The average Bonchev–Trinajstić information content (AvgIpc) is 2.93. The lowest BCUT2D eigenvalue weighted by molar-refractivity contribution is 0.0525. The summed E-state index contributed by atoms with van der Waals surface area (Å²) in [5.41, 5.74) is 3.08. The van der Waals surface area contributed by atoms with Crippen LogP contribution >= 0.6 is 0 Å². The van der Waals surface area contributed by atoms with Gasteiger partial charge in [0.2, 0.25) is 5.55 Å². The Kier molecular flexibility index (Phi) is 7.93. The number of anilines is 1. The maximum absolute atomic E-state index is 13.4. The van der Waals surface area contributed by atoms with Gasteiger partial charge < -0.3 is 24.3 Å². The van der Waals surface area contributed by atoms with Crippen molar-refractivity contribution in [3.05, 3.63) is 94.3 Å². The number of ether oxygens (including phenoxy) is 2. The van der Waals surface area contributed by atoms with Gasteiger partial charge in [0.1, 0.15) is 5.56 Å². The molecule has 0 radical (unpaired) electrons. The van der Waals surface area contributed by atoms with Crippen LogP contribution in [0.25, 0.3) is 11.0 Å². The lowest BCUT2D eigenvalue weighted by atomic mass is 10.1. The van der Waals surface area contributed by atoms with Crippen LogP contribution in [-0.4, -0.2) is 41.7 Å². The Hall–Kier alpha value is -4.83. The number of aryl methyl sites for hydroxylation is 1. The van der Waals surface area contributed by atoms with Gasteiger partial charge in [0.15, 0.2) is 5.58 Å². The van der Waals surface area contributed by atoms with Crippen LogP contribution < -0.4 is 10.9 Å². The smallest absolute Gasteiger partial charge is 0.338 e. The summed E-state index contributed by atoms with van der Waals surface area (Å²) in [5, 5.41) is 13.1. The van der Waals surface area contributed by atoms with Crippen LogP contribution in [0.15, 0.2) is 70.2 Å². The summed E-state index contributed by atoms with van der Waals surface area (Å²) in [4.78, 5) is 45.8. The number of carbonyl (C=O) groups excluding carboxylic acids is 3. The van der Waals surface area contributed by atoms with E-state index >= 15 is 0 Å². The Bertz CT molecular complexity index is 1570. The number of hydrogen-bond acceptors (Lipinski definition) is 9. The van der Waals surface area contributed by atoms with Crippen molar-refractivity contribution in [3.8, 4) is 0 Å². The largest absolute Gasteiger partial charge is 0.465 e. The fraction of sp³-hybridized carbons (Fsp3) is 0.179. The lowest BCUT2D eigenvalue weighted by Gasteiger charge is -2.10. The molecule has 0 saturated heterocycles. The molecule has 0 saturated carbocycles. The zero-order valence-electron chi connectivity index (χ0n) is 21.0. The molecule has 4 aromatic rings.